The van der Waals surface area contributed by atoms with Gasteiger partial charge in [0.05, 0.1) is 7.11 Å². The highest BCUT2D eigenvalue weighted by atomic mass is 19.1. The molecule has 1 aromatic carbocycles. The van der Waals surface area contributed by atoms with Crippen LogP contribution >= 0.6 is 0 Å². The highest BCUT2D eigenvalue weighted by molar-refractivity contribution is 5.42. The number of piperidine rings is 1. The van der Waals surface area contributed by atoms with E-state index in [4.69, 9.17) is 4.74 Å². The number of nitrogens with one attached hydrogen (secondary N) is 1. The van der Waals surface area contributed by atoms with Crippen molar-refractivity contribution in [2.75, 3.05) is 13.7 Å². The van der Waals surface area contributed by atoms with Crippen molar-refractivity contribution in [3.05, 3.63) is 29.1 Å². The van der Waals surface area contributed by atoms with Crippen molar-refractivity contribution >= 4 is 0 Å². The average Bonchev–Trinajstić information content (AvgIpc) is 2.35. The van der Waals surface area contributed by atoms with E-state index in [1.807, 2.05) is 6.92 Å². The molecule has 0 amide bonds. The SMILES string of the molecule is COc1c(C)ccc(F)c1CC1CCCCN1. The minimum Gasteiger partial charge on any atom is -0.496 e. The van der Waals surface area contributed by atoms with Gasteiger partial charge < -0.3 is 10.1 Å². The Labute approximate surface area is 102 Å². The molecule has 1 aromatic rings. The number of hydrogen-bond donors (Lipinski definition) is 1. The van der Waals surface area contributed by atoms with Crippen LogP contribution < -0.4 is 10.1 Å². The molecule has 1 aliphatic rings. The van der Waals surface area contributed by atoms with Gasteiger partial charge in [-0.25, -0.2) is 4.39 Å². The van der Waals surface area contributed by atoms with Gasteiger partial charge in [-0.15, -0.1) is 0 Å². The average molecular weight is 237 g/mol. The third-order valence-electron chi connectivity index (χ3n) is 3.47. The number of benzene rings is 1. The van der Waals surface area contributed by atoms with Gasteiger partial charge in [0.2, 0.25) is 0 Å². The maximum Gasteiger partial charge on any atom is 0.130 e. The molecule has 1 heterocycles. The topological polar surface area (TPSA) is 21.3 Å². The maximum atomic E-state index is 13.9. The van der Waals surface area contributed by atoms with Crippen LogP contribution in [0.5, 0.6) is 5.75 Å². The van der Waals surface area contributed by atoms with E-state index in [0.717, 1.165) is 24.9 Å². The predicted octanol–water partition coefficient (Wildman–Crippen LogP) is 2.83. The summed E-state index contributed by atoms with van der Waals surface area (Å²) < 4.78 is 19.2. The summed E-state index contributed by atoms with van der Waals surface area (Å²) in [5.41, 5.74) is 1.71. The zero-order valence-electron chi connectivity index (χ0n) is 10.6. The fraction of sp³-hybridized carbons (Fsp3) is 0.571. The van der Waals surface area contributed by atoms with Crippen LogP contribution in [0.4, 0.5) is 4.39 Å². The highest BCUT2D eigenvalue weighted by Crippen LogP contribution is 2.28. The summed E-state index contributed by atoms with van der Waals surface area (Å²) in [5, 5.41) is 3.44. The zero-order chi connectivity index (χ0) is 12.3. The van der Waals surface area contributed by atoms with Crippen molar-refractivity contribution in [3.63, 3.8) is 0 Å². The van der Waals surface area contributed by atoms with Gasteiger partial charge in [-0.3, -0.25) is 0 Å². The van der Waals surface area contributed by atoms with Gasteiger partial charge in [0, 0.05) is 11.6 Å². The van der Waals surface area contributed by atoms with Gasteiger partial charge in [-0.1, -0.05) is 12.5 Å². The van der Waals surface area contributed by atoms with Crippen molar-refractivity contribution in [3.8, 4) is 5.75 Å². The lowest BCUT2D eigenvalue weighted by atomic mass is 9.96. The summed E-state index contributed by atoms with van der Waals surface area (Å²) in [7, 11) is 1.61. The molecule has 0 aromatic heterocycles. The number of ether oxygens (including phenoxy) is 1. The Kier molecular flexibility index (Phi) is 4.00. The van der Waals surface area contributed by atoms with Crippen LogP contribution in [0.25, 0.3) is 0 Å². The Morgan fingerprint density at radius 1 is 1.41 bits per heavy atom. The first kappa shape index (κ1) is 12.4. The molecule has 1 unspecified atom stereocenters. The normalized spacial score (nSPS) is 20.3. The lowest BCUT2D eigenvalue weighted by Gasteiger charge is -2.24. The van der Waals surface area contributed by atoms with E-state index in [0.29, 0.717) is 17.4 Å². The number of methoxy groups -OCH3 is 1. The van der Waals surface area contributed by atoms with Crippen LogP contribution in [-0.2, 0) is 6.42 Å². The Balaban J connectivity index is 2.21. The van der Waals surface area contributed by atoms with Crippen LogP contribution in [0.1, 0.15) is 30.4 Å². The quantitative estimate of drug-likeness (QED) is 0.872. The summed E-state index contributed by atoms with van der Waals surface area (Å²) in [6.07, 6.45) is 4.30. The molecule has 0 bridgehead atoms. The van der Waals surface area contributed by atoms with Crippen molar-refractivity contribution in [2.45, 2.75) is 38.6 Å². The predicted molar refractivity (Wildman–Crippen MR) is 67.0 cm³/mol. The molecule has 2 nitrogen and oxygen atoms in total. The third-order valence-corrected chi connectivity index (χ3v) is 3.47. The maximum absolute atomic E-state index is 13.9. The van der Waals surface area contributed by atoms with E-state index in [1.54, 1.807) is 13.2 Å². The molecule has 1 atom stereocenters. The van der Waals surface area contributed by atoms with Crippen LogP contribution in [0.2, 0.25) is 0 Å². The second kappa shape index (κ2) is 5.50. The molecule has 0 radical (unpaired) electrons. The molecule has 2 rings (SSSR count). The minimum absolute atomic E-state index is 0.153. The van der Waals surface area contributed by atoms with Gasteiger partial charge in [-0.05, 0) is 44.4 Å². The van der Waals surface area contributed by atoms with Crippen LogP contribution in [-0.4, -0.2) is 19.7 Å². The van der Waals surface area contributed by atoms with Crippen molar-refractivity contribution in [2.24, 2.45) is 0 Å². The van der Waals surface area contributed by atoms with Crippen LogP contribution in [0.3, 0.4) is 0 Å². The second-order valence-corrected chi connectivity index (χ2v) is 4.73. The molecular formula is C14H20FNO. The molecule has 3 heteroatoms. The van der Waals surface area contributed by atoms with E-state index in [1.165, 1.54) is 18.9 Å². The first-order valence-electron chi connectivity index (χ1n) is 6.27. The molecule has 17 heavy (non-hydrogen) atoms. The number of aryl methyl sites for hydroxylation is 1. The molecule has 94 valence electrons. The van der Waals surface area contributed by atoms with E-state index < -0.39 is 0 Å². The minimum atomic E-state index is -0.153. The zero-order valence-corrected chi connectivity index (χ0v) is 10.6. The highest BCUT2D eigenvalue weighted by Gasteiger charge is 2.19. The number of rotatable bonds is 3. The Morgan fingerprint density at radius 2 is 2.24 bits per heavy atom. The van der Waals surface area contributed by atoms with E-state index in [9.17, 15) is 4.39 Å². The lowest BCUT2D eigenvalue weighted by Crippen LogP contribution is -2.35. The Bertz CT molecular complexity index is 386. The van der Waals surface area contributed by atoms with Crippen molar-refractivity contribution in [1.29, 1.82) is 0 Å². The molecular weight excluding hydrogens is 217 g/mol. The molecule has 1 aliphatic heterocycles. The second-order valence-electron chi connectivity index (χ2n) is 4.73. The summed E-state index contributed by atoms with van der Waals surface area (Å²) in [4.78, 5) is 0. The first-order valence-corrected chi connectivity index (χ1v) is 6.27. The molecule has 1 fully saturated rings. The summed E-state index contributed by atoms with van der Waals surface area (Å²) in [6.45, 7) is 3.00. The summed E-state index contributed by atoms with van der Waals surface area (Å²) >= 11 is 0. The summed E-state index contributed by atoms with van der Waals surface area (Å²) in [6, 6.07) is 3.69. The lowest BCUT2D eigenvalue weighted by molar-refractivity contribution is 0.373. The van der Waals surface area contributed by atoms with Crippen molar-refractivity contribution < 1.29 is 9.13 Å². The van der Waals surface area contributed by atoms with Gasteiger partial charge in [0.15, 0.2) is 0 Å². The van der Waals surface area contributed by atoms with Gasteiger partial charge in [-0.2, -0.15) is 0 Å². The smallest absolute Gasteiger partial charge is 0.130 e. The Morgan fingerprint density at radius 3 is 2.88 bits per heavy atom. The molecule has 1 saturated heterocycles. The van der Waals surface area contributed by atoms with Gasteiger partial charge in [0.1, 0.15) is 11.6 Å². The Hall–Kier alpha value is -1.09. The standard InChI is InChI=1S/C14H20FNO/c1-10-6-7-13(15)12(14(10)17-2)9-11-5-3-4-8-16-11/h6-7,11,16H,3-5,8-9H2,1-2H3. The van der Waals surface area contributed by atoms with Crippen LogP contribution in [0, 0.1) is 12.7 Å². The molecule has 1 N–H and O–H groups in total. The van der Waals surface area contributed by atoms with Crippen LogP contribution in [0.15, 0.2) is 12.1 Å². The number of halogens is 1. The monoisotopic (exact) mass is 237 g/mol. The molecule has 0 spiro atoms. The van der Waals surface area contributed by atoms with E-state index in [-0.39, 0.29) is 5.82 Å². The van der Waals surface area contributed by atoms with E-state index in [2.05, 4.69) is 5.32 Å². The van der Waals surface area contributed by atoms with Gasteiger partial charge >= 0.3 is 0 Å². The fourth-order valence-corrected chi connectivity index (χ4v) is 2.54. The fourth-order valence-electron chi connectivity index (χ4n) is 2.54. The van der Waals surface area contributed by atoms with Gasteiger partial charge in [0.25, 0.3) is 0 Å². The van der Waals surface area contributed by atoms with Crippen molar-refractivity contribution in [1.82, 2.24) is 5.32 Å². The largest absolute Gasteiger partial charge is 0.496 e. The first-order chi connectivity index (χ1) is 8.22. The summed E-state index contributed by atoms with van der Waals surface area (Å²) in [5.74, 6) is 0.553. The third kappa shape index (κ3) is 2.78. The molecule has 0 saturated carbocycles. The molecule has 0 aliphatic carbocycles. The number of hydrogen-bond acceptors (Lipinski definition) is 2. The van der Waals surface area contributed by atoms with E-state index >= 15 is 0 Å².